The van der Waals surface area contributed by atoms with Crippen LogP contribution < -0.4 is 5.32 Å². The molecule has 96 valence electrons. The highest BCUT2D eigenvalue weighted by atomic mass is 79.9. The molecule has 1 nitrogen and oxygen atoms in total. The monoisotopic (exact) mass is 347 g/mol. The van der Waals surface area contributed by atoms with Crippen molar-refractivity contribution in [3.8, 4) is 0 Å². The third-order valence-electron chi connectivity index (χ3n) is 2.78. The van der Waals surface area contributed by atoms with Crippen LogP contribution in [-0.2, 0) is 6.42 Å². The van der Waals surface area contributed by atoms with E-state index in [1.807, 2.05) is 7.05 Å². The van der Waals surface area contributed by atoms with Gasteiger partial charge in [0.1, 0.15) is 5.82 Å². The van der Waals surface area contributed by atoms with Crippen LogP contribution in [0.3, 0.4) is 0 Å². The lowest BCUT2D eigenvalue weighted by Crippen LogP contribution is -2.18. The Labute approximate surface area is 123 Å². The Morgan fingerprint density at radius 3 is 2.78 bits per heavy atom. The summed E-state index contributed by atoms with van der Waals surface area (Å²) >= 11 is 11.2. The van der Waals surface area contributed by atoms with Gasteiger partial charge in [-0.05, 0) is 64.1 Å². The van der Waals surface area contributed by atoms with E-state index in [4.69, 9.17) is 11.6 Å². The van der Waals surface area contributed by atoms with E-state index >= 15 is 0 Å². The number of hydrogen-bond acceptors (Lipinski definition) is 2. The minimum atomic E-state index is -0.303. The van der Waals surface area contributed by atoms with Gasteiger partial charge in [-0.1, -0.05) is 17.7 Å². The lowest BCUT2D eigenvalue weighted by atomic mass is 10.0. The summed E-state index contributed by atoms with van der Waals surface area (Å²) < 4.78 is 14.1. The summed E-state index contributed by atoms with van der Waals surface area (Å²) in [5.74, 6) is -0.303. The average Bonchev–Trinajstić information content (AvgIpc) is 2.75. The fourth-order valence-electron chi connectivity index (χ4n) is 1.80. The first-order valence-electron chi connectivity index (χ1n) is 5.45. The van der Waals surface area contributed by atoms with E-state index in [0.717, 1.165) is 15.8 Å². The van der Waals surface area contributed by atoms with Crippen LogP contribution >= 0.6 is 38.9 Å². The Kier molecular flexibility index (Phi) is 4.78. The van der Waals surface area contributed by atoms with Gasteiger partial charge in [0.2, 0.25) is 0 Å². The Morgan fingerprint density at radius 1 is 1.44 bits per heavy atom. The minimum absolute atomic E-state index is 0.176. The Hall–Kier alpha value is -0.420. The summed E-state index contributed by atoms with van der Waals surface area (Å²) in [6, 6.07) is 6.80. The normalized spacial score (nSPS) is 12.7. The highest BCUT2D eigenvalue weighted by Crippen LogP contribution is 2.29. The average molecular weight is 349 g/mol. The summed E-state index contributed by atoms with van der Waals surface area (Å²) in [5.41, 5.74) is 2.15. The molecule has 0 bridgehead atoms. The quantitative estimate of drug-likeness (QED) is 0.836. The molecule has 2 rings (SSSR count). The molecule has 1 aromatic heterocycles. The van der Waals surface area contributed by atoms with Gasteiger partial charge in [-0.25, -0.2) is 4.39 Å². The lowest BCUT2D eigenvalue weighted by molar-refractivity contribution is 0.590. The third-order valence-corrected chi connectivity index (χ3v) is 4.65. The van der Waals surface area contributed by atoms with Crippen molar-refractivity contribution in [3.05, 3.63) is 55.4 Å². The van der Waals surface area contributed by atoms with Crippen molar-refractivity contribution in [1.29, 1.82) is 0 Å². The number of hydrogen-bond donors (Lipinski definition) is 1. The van der Waals surface area contributed by atoms with E-state index in [0.29, 0.717) is 5.02 Å². The second kappa shape index (κ2) is 6.15. The van der Waals surface area contributed by atoms with E-state index in [-0.39, 0.29) is 11.9 Å². The Morgan fingerprint density at radius 2 is 2.22 bits per heavy atom. The molecule has 2 aromatic rings. The second-order valence-corrected chi connectivity index (χ2v) is 6.66. The Balaban J connectivity index is 2.20. The summed E-state index contributed by atoms with van der Waals surface area (Å²) in [5, 5.41) is 5.83. The van der Waals surface area contributed by atoms with Gasteiger partial charge in [-0.15, -0.1) is 11.3 Å². The first kappa shape index (κ1) is 14.0. The lowest BCUT2D eigenvalue weighted by Gasteiger charge is -2.15. The first-order chi connectivity index (χ1) is 8.60. The smallest absolute Gasteiger partial charge is 0.124 e. The van der Waals surface area contributed by atoms with Crippen molar-refractivity contribution < 1.29 is 4.39 Å². The van der Waals surface area contributed by atoms with Gasteiger partial charge < -0.3 is 5.32 Å². The molecule has 18 heavy (non-hydrogen) atoms. The molecule has 0 spiro atoms. The number of likely N-dealkylation sites (N-methyl/N-ethyl adjacent to an activating group) is 1. The number of benzene rings is 1. The molecule has 0 radical (unpaired) electrons. The molecular formula is C13H12BrClFNS. The zero-order valence-electron chi connectivity index (χ0n) is 9.71. The van der Waals surface area contributed by atoms with Gasteiger partial charge in [-0.2, -0.15) is 0 Å². The van der Waals surface area contributed by atoms with Crippen molar-refractivity contribution in [2.45, 2.75) is 12.5 Å². The predicted molar refractivity (Wildman–Crippen MR) is 78.9 cm³/mol. The van der Waals surface area contributed by atoms with Crippen LogP contribution in [0.25, 0.3) is 0 Å². The van der Waals surface area contributed by atoms with Crippen molar-refractivity contribution in [1.82, 2.24) is 5.32 Å². The van der Waals surface area contributed by atoms with Crippen LogP contribution in [-0.4, -0.2) is 7.05 Å². The van der Waals surface area contributed by atoms with Crippen LogP contribution in [0.1, 0.15) is 17.2 Å². The van der Waals surface area contributed by atoms with E-state index in [2.05, 4.69) is 32.7 Å². The van der Waals surface area contributed by atoms with Crippen LogP contribution in [0.4, 0.5) is 4.39 Å². The molecule has 5 heteroatoms. The van der Waals surface area contributed by atoms with Gasteiger partial charge >= 0.3 is 0 Å². The first-order valence-corrected chi connectivity index (χ1v) is 7.50. The van der Waals surface area contributed by atoms with Crippen molar-refractivity contribution in [3.63, 3.8) is 0 Å². The van der Waals surface area contributed by atoms with Crippen molar-refractivity contribution in [2.75, 3.05) is 7.05 Å². The molecule has 0 aliphatic carbocycles. The molecule has 0 fully saturated rings. The minimum Gasteiger partial charge on any atom is -0.313 e. The van der Waals surface area contributed by atoms with E-state index < -0.39 is 0 Å². The number of nitrogens with one attached hydrogen (secondary N) is 1. The number of thiophene rings is 1. The maximum Gasteiger partial charge on any atom is 0.124 e. The largest absolute Gasteiger partial charge is 0.313 e. The third kappa shape index (κ3) is 3.32. The predicted octanol–water partition coefficient (Wildman–Crippen LogP) is 4.81. The molecule has 0 saturated heterocycles. The fraction of sp³-hybridized carbons (Fsp3) is 0.231. The van der Waals surface area contributed by atoms with Crippen LogP contribution in [0.5, 0.6) is 0 Å². The number of rotatable bonds is 4. The molecule has 0 saturated carbocycles. The van der Waals surface area contributed by atoms with Crippen LogP contribution in [0.2, 0.25) is 5.02 Å². The number of halogens is 3. The van der Waals surface area contributed by atoms with Crippen LogP contribution in [0, 0.1) is 5.82 Å². The summed E-state index contributed by atoms with van der Waals surface area (Å²) in [4.78, 5) is 0. The van der Waals surface area contributed by atoms with Crippen LogP contribution in [0.15, 0.2) is 33.4 Å². The van der Waals surface area contributed by atoms with Gasteiger partial charge in [0.05, 0.1) is 3.79 Å². The van der Waals surface area contributed by atoms with Crippen molar-refractivity contribution >= 4 is 38.9 Å². The Bertz CT molecular complexity index is 544. The van der Waals surface area contributed by atoms with E-state index in [9.17, 15) is 4.39 Å². The van der Waals surface area contributed by atoms with Gasteiger partial charge in [0.15, 0.2) is 0 Å². The maximum atomic E-state index is 13.0. The topological polar surface area (TPSA) is 12.0 Å². The zero-order valence-corrected chi connectivity index (χ0v) is 12.9. The molecule has 0 amide bonds. The summed E-state index contributed by atoms with van der Waals surface area (Å²) in [6.45, 7) is 0. The standard InChI is InChI=1S/C13H12BrClFNS/c1-17-12(9-5-13(14)18-7-9)4-8-2-3-10(16)6-11(8)15/h2-3,5-7,12,17H,4H2,1H3. The van der Waals surface area contributed by atoms with Gasteiger partial charge in [-0.3, -0.25) is 0 Å². The maximum absolute atomic E-state index is 13.0. The van der Waals surface area contributed by atoms with E-state index in [1.165, 1.54) is 17.7 Å². The fourth-order valence-corrected chi connectivity index (χ4v) is 3.27. The van der Waals surface area contributed by atoms with Gasteiger partial charge in [0.25, 0.3) is 0 Å². The molecular weight excluding hydrogens is 337 g/mol. The summed E-state index contributed by atoms with van der Waals surface area (Å²) in [7, 11) is 1.91. The molecule has 1 aromatic carbocycles. The van der Waals surface area contributed by atoms with E-state index in [1.54, 1.807) is 17.4 Å². The molecule has 1 atom stereocenters. The molecule has 1 unspecified atom stereocenters. The summed E-state index contributed by atoms with van der Waals surface area (Å²) in [6.07, 6.45) is 0.735. The molecule has 0 aliphatic heterocycles. The zero-order chi connectivity index (χ0) is 13.1. The molecule has 1 N–H and O–H groups in total. The van der Waals surface area contributed by atoms with Crippen molar-refractivity contribution in [2.24, 2.45) is 0 Å². The second-order valence-electron chi connectivity index (χ2n) is 3.97. The van der Waals surface area contributed by atoms with Gasteiger partial charge in [0, 0.05) is 11.1 Å². The SMILES string of the molecule is CNC(Cc1ccc(F)cc1Cl)c1csc(Br)c1. The molecule has 0 aliphatic rings. The highest BCUT2D eigenvalue weighted by molar-refractivity contribution is 9.11. The highest BCUT2D eigenvalue weighted by Gasteiger charge is 2.14. The molecule has 1 heterocycles.